The molecule has 0 spiro atoms. The van der Waals surface area contributed by atoms with Crippen LogP contribution in [0.3, 0.4) is 0 Å². The number of carbonyl (C=O) groups is 1. The first-order chi connectivity index (χ1) is 13.9. The number of nitrogens with one attached hydrogen (secondary N) is 2. The highest BCUT2D eigenvalue weighted by Gasteiger charge is 2.37. The number of ether oxygens (including phenoxy) is 1. The van der Waals surface area contributed by atoms with E-state index in [1.807, 2.05) is 0 Å². The Morgan fingerprint density at radius 1 is 1.10 bits per heavy atom. The molecule has 3 aromatic rings. The number of amides is 2. The Balaban J connectivity index is 2.00. The van der Waals surface area contributed by atoms with Crippen LogP contribution in [-0.4, -0.2) is 23.1 Å². The fourth-order valence-electron chi connectivity index (χ4n) is 2.75. The van der Waals surface area contributed by atoms with Gasteiger partial charge in [0.2, 0.25) is 0 Å². The van der Waals surface area contributed by atoms with Gasteiger partial charge < -0.3 is 15.4 Å². The van der Waals surface area contributed by atoms with Gasteiger partial charge in [0.05, 0.1) is 36.3 Å². The van der Waals surface area contributed by atoms with Crippen molar-refractivity contribution in [1.82, 2.24) is 15.3 Å². The van der Waals surface area contributed by atoms with Crippen molar-refractivity contribution in [2.24, 2.45) is 0 Å². The molecule has 3 rings (SSSR count). The van der Waals surface area contributed by atoms with Crippen LogP contribution in [-0.2, 0) is 6.18 Å². The number of rotatable bonds is 5. The Bertz CT molecular complexity index is 981. The van der Waals surface area contributed by atoms with Crippen molar-refractivity contribution in [1.29, 1.82) is 0 Å². The zero-order chi connectivity index (χ0) is 20.9. The van der Waals surface area contributed by atoms with Gasteiger partial charge in [-0.15, -0.1) is 0 Å². The maximum atomic E-state index is 13.6. The number of benzene rings is 1. The molecule has 0 fully saturated rings. The van der Waals surface area contributed by atoms with Crippen LogP contribution >= 0.6 is 0 Å². The van der Waals surface area contributed by atoms with Crippen LogP contribution < -0.4 is 15.4 Å². The summed E-state index contributed by atoms with van der Waals surface area (Å²) >= 11 is 0. The number of alkyl halides is 3. The van der Waals surface area contributed by atoms with E-state index < -0.39 is 23.8 Å². The number of anilines is 1. The number of urea groups is 1. The Morgan fingerprint density at radius 2 is 1.90 bits per heavy atom. The molecule has 29 heavy (non-hydrogen) atoms. The van der Waals surface area contributed by atoms with E-state index in [4.69, 9.17) is 4.74 Å². The van der Waals surface area contributed by atoms with E-state index in [9.17, 15) is 18.0 Å². The summed E-state index contributed by atoms with van der Waals surface area (Å²) in [6.45, 7) is 0. The second-order valence-electron chi connectivity index (χ2n) is 5.98. The van der Waals surface area contributed by atoms with Crippen molar-refractivity contribution in [3.8, 4) is 5.75 Å². The average molecular weight is 402 g/mol. The second kappa shape index (κ2) is 8.59. The Labute approximate surface area is 164 Å². The Hall–Kier alpha value is -3.62. The highest BCUT2D eigenvalue weighted by molar-refractivity contribution is 5.89. The van der Waals surface area contributed by atoms with Crippen molar-refractivity contribution in [2.45, 2.75) is 12.2 Å². The molecule has 0 aliphatic carbocycles. The minimum Gasteiger partial charge on any atom is -0.497 e. The van der Waals surface area contributed by atoms with Gasteiger partial charge >= 0.3 is 12.2 Å². The first kappa shape index (κ1) is 20.1. The Morgan fingerprint density at radius 3 is 2.59 bits per heavy atom. The summed E-state index contributed by atoms with van der Waals surface area (Å²) in [6, 6.07) is 9.89. The van der Waals surface area contributed by atoms with Crippen LogP contribution in [0.1, 0.15) is 22.9 Å². The van der Waals surface area contributed by atoms with Crippen molar-refractivity contribution in [2.75, 3.05) is 12.4 Å². The summed E-state index contributed by atoms with van der Waals surface area (Å²) in [5.41, 5.74) is -0.481. The van der Waals surface area contributed by atoms with Crippen LogP contribution in [0.5, 0.6) is 5.75 Å². The molecule has 0 saturated heterocycles. The van der Waals surface area contributed by atoms with E-state index >= 15 is 0 Å². The monoisotopic (exact) mass is 402 g/mol. The van der Waals surface area contributed by atoms with Crippen molar-refractivity contribution in [3.05, 3.63) is 83.9 Å². The van der Waals surface area contributed by atoms with Crippen molar-refractivity contribution >= 4 is 11.7 Å². The van der Waals surface area contributed by atoms with Gasteiger partial charge in [-0.3, -0.25) is 9.97 Å². The summed E-state index contributed by atoms with van der Waals surface area (Å²) in [6.07, 6.45) is -0.436. The van der Waals surface area contributed by atoms with E-state index in [0.717, 1.165) is 6.07 Å². The molecule has 0 saturated carbocycles. The predicted molar refractivity (Wildman–Crippen MR) is 100 cm³/mol. The lowest BCUT2D eigenvalue weighted by Gasteiger charge is -2.23. The van der Waals surface area contributed by atoms with E-state index in [0.29, 0.717) is 17.0 Å². The zero-order valence-electron chi connectivity index (χ0n) is 15.3. The molecule has 1 atom stereocenters. The SMILES string of the molecule is COc1cccc(C(NC(=O)Nc2cccnc2)c2ncccc2C(F)(F)F)c1. The highest BCUT2D eigenvalue weighted by Crippen LogP contribution is 2.36. The number of hydrogen-bond donors (Lipinski definition) is 2. The molecule has 0 aliphatic heterocycles. The van der Waals surface area contributed by atoms with Crippen LogP contribution in [0, 0.1) is 0 Å². The van der Waals surface area contributed by atoms with E-state index in [1.165, 1.54) is 31.8 Å². The molecule has 0 bridgehead atoms. The zero-order valence-corrected chi connectivity index (χ0v) is 15.3. The largest absolute Gasteiger partial charge is 0.497 e. The topological polar surface area (TPSA) is 76.1 Å². The normalized spacial score (nSPS) is 12.1. The molecule has 0 aliphatic rings. The fraction of sp³-hybridized carbons (Fsp3) is 0.150. The fourth-order valence-corrected chi connectivity index (χ4v) is 2.75. The summed E-state index contributed by atoms with van der Waals surface area (Å²) < 4.78 is 45.8. The van der Waals surface area contributed by atoms with Gasteiger partial charge in [0.1, 0.15) is 5.75 Å². The predicted octanol–water partition coefficient (Wildman–Crippen LogP) is 4.42. The molecule has 2 aromatic heterocycles. The standard InChI is InChI=1S/C20H17F3N4O2/c1-29-15-7-2-5-13(11-15)17(18-16(20(21,22)23)8-4-10-25-18)27-19(28)26-14-6-3-9-24-12-14/h2-12,17H,1H3,(H2,26,27,28). The first-order valence-electron chi connectivity index (χ1n) is 8.52. The minimum atomic E-state index is -4.64. The molecule has 2 amide bonds. The second-order valence-corrected chi connectivity index (χ2v) is 5.98. The molecular weight excluding hydrogens is 385 g/mol. The van der Waals surface area contributed by atoms with E-state index in [1.54, 1.807) is 36.4 Å². The Kier molecular flexibility index (Phi) is 5.96. The highest BCUT2D eigenvalue weighted by atomic mass is 19.4. The number of methoxy groups -OCH3 is 1. The smallest absolute Gasteiger partial charge is 0.418 e. The third kappa shape index (κ3) is 5.01. The molecule has 9 heteroatoms. The third-order valence-electron chi connectivity index (χ3n) is 4.04. The van der Waals surface area contributed by atoms with Gasteiger partial charge in [-0.25, -0.2) is 4.79 Å². The summed E-state index contributed by atoms with van der Waals surface area (Å²) in [7, 11) is 1.44. The molecule has 2 N–H and O–H groups in total. The van der Waals surface area contributed by atoms with E-state index in [-0.39, 0.29) is 5.69 Å². The number of pyridine rings is 2. The van der Waals surface area contributed by atoms with Crippen molar-refractivity contribution < 1.29 is 22.7 Å². The van der Waals surface area contributed by atoms with Crippen LogP contribution in [0.15, 0.2) is 67.1 Å². The number of hydrogen-bond acceptors (Lipinski definition) is 4. The molecule has 2 heterocycles. The number of carbonyl (C=O) groups excluding carboxylic acids is 1. The van der Waals surface area contributed by atoms with Gasteiger partial charge in [-0.1, -0.05) is 12.1 Å². The van der Waals surface area contributed by atoms with Gasteiger partial charge in [-0.05, 0) is 42.0 Å². The lowest BCUT2D eigenvalue weighted by Crippen LogP contribution is -2.35. The average Bonchev–Trinajstić information content (AvgIpc) is 2.72. The molecular formula is C20H17F3N4O2. The third-order valence-corrected chi connectivity index (χ3v) is 4.04. The summed E-state index contributed by atoms with van der Waals surface area (Å²) in [5.74, 6) is 0.437. The van der Waals surface area contributed by atoms with Crippen LogP contribution in [0.4, 0.5) is 23.7 Å². The lowest BCUT2D eigenvalue weighted by molar-refractivity contribution is -0.138. The summed E-state index contributed by atoms with van der Waals surface area (Å²) in [5, 5.41) is 5.11. The number of aromatic nitrogens is 2. The quantitative estimate of drug-likeness (QED) is 0.663. The molecule has 1 unspecified atom stereocenters. The van der Waals surface area contributed by atoms with Gasteiger partial charge in [0.15, 0.2) is 0 Å². The number of nitrogens with zero attached hydrogens (tertiary/aromatic N) is 2. The van der Waals surface area contributed by atoms with Crippen LogP contribution in [0.25, 0.3) is 0 Å². The summed E-state index contributed by atoms with van der Waals surface area (Å²) in [4.78, 5) is 20.3. The van der Waals surface area contributed by atoms with Crippen LogP contribution in [0.2, 0.25) is 0 Å². The van der Waals surface area contributed by atoms with Gasteiger partial charge in [0.25, 0.3) is 0 Å². The molecule has 0 radical (unpaired) electrons. The minimum absolute atomic E-state index is 0.324. The maximum absolute atomic E-state index is 13.6. The van der Waals surface area contributed by atoms with E-state index in [2.05, 4.69) is 20.6 Å². The van der Waals surface area contributed by atoms with Crippen molar-refractivity contribution in [3.63, 3.8) is 0 Å². The van der Waals surface area contributed by atoms with Gasteiger partial charge in [-0.2, -0.15) is 13.2 Å². The van der Waals surface area contributed by atoms with Gasteiger partial charge in [0, 0.05) is 12.4 Å². The first-order valence-corrected chi connectivity index (χ1v) is 8.52. The molecule has 150 valence electrons. The maximum Gasteiger partial charge on any atom is 0.418 e. The lowest BCUT2D eigenvalue weighted by atomic mass is 9.98. The molecule has 1 aromatic carbocycles. The number of halogens is 3. The molecule has 6 nitrogen and oxygen atoms in total.